The molecular weight excluding hydrogens is 339 g/mol. The van der Waals surface area contributed by atoms with Crippen molar-refractivity contribution in [3.8, 4) is 0 Å². The van der Waals surface area contributed by atoms with Gasteiger partial charge in [-0.05, 0) is 45.2 Å². The van der Waals surface area contributed by atoms with Crippen LogP contribution in [0.1, 0.15) is 26.2 Å². The van der Waals surface area contributed by atoms with Crippen LogP contribution in [0.15, 0.2) is 4.52 Å². The van der Waals surface area contributed by atoms with Gasteiger partial charge in [-0.2, -0.15) is 0 Å². The quantitative estimate of drug-likeness (QED) is 0.236. The smallest absolute Gasteiger partial charge is 0.376 e. The number of methoxy groups -OCH3 is 1. The molecule has 0 bridgehead atoms. The summed E-state index contributed by atoms with van der Waals surface area (Å²) in [6.07, 6.45) is 1.82. The number of rotatable bonds is 6. The largest absolute Gasteiger partial charge is 0.437 e. The van der Waals surface area contributed by atoms with E-state index in [-0.39, 0.29) is 18.0 Å². The van der Waals surface area contributed by atoms with E-state index < -0.39 is 22.7 Å². The van der Waals surface area contributed by atoms with Gasteiger partial charge in [-0.25, -0.2) is 8.42 Å². The fourth-order valence-electron chi connectivity index (χ4n) is 2.31. The van der Waals surface area contributed by atoms with Gasteiger partial charge in [-0.1, -0.05) is 0 Å². The monoisotopic (exact) mass is 362 g/mol. The van der Waals surface area contributed by atoms with E-state index in [0.29, 0.717) is 25.9 Å². The lowest BCUT2D eigenvalue weighted by Gasteiger charge is -2.40. The van der Waals surface area contributed by atoms with Gasteiger partial charge in [0.05, 0.1) is 6.42 Å². The second kappa shape index (κ2) is 9.75. The van der Waals surface area contributed by atoms with Crippen LogP contribution in [-0.2, 0) is 24.3 Å². The number of ketones is 2. The van der Waals surface area contributed by atoms with Gasteiger partial charge in [0.1, 0.15) is 11.4 Å². The molecule has 0 aromatic heterocycles. The second-order valence-electron chi connectivity index (χ2n) is 5.57. The summed E-state index contributed by atoms with van der Waals surface area (Å²) in [6.45, 7) is 4.33. The molecule has 1 heterocycles. The number of hydrogen-bond donors (Lipinski definition) is 1. The molecule has 1 fully saturated rings. The molecule has 1 N–H and O–H groups in total. The average Bonchev–Trinajstić information content (AvgIpc) is 2.45. The van der Waals surface area contributed by atoms with E-state index in [9.17, 15) is 23.0 Å². The summed E-state index contributed by atoms with van der Waals surface area (Å²) in [6, 6.07) is 0. The van der Waals surface area contributed by atoms with Gasteiger partial charge in [0.15, 0.2) is 5.78 Å². The van der Waals surface area contributed by atoms with Crippen molar-refractivity contribution in [2.24, 2.45) is 4.52 Å². The van der Waals surface area contributed by atoms with Crippen LogP contribution in [0.5, 0.6) is 0 Å². The zero-order valence-electron chi connectivity index (χ0n) is 14.3. The number of Topliss-reactive ketones (excluding diaryl/α,β-unsaturated/α-hetero) is 2. The molecule has 0 amide bonds. The molecule has 0 spiro atoms. The van der Waals surface area contributed by atoms with Gasteiger partial charge in [0.25, 0.3) is 0 Å². The Morgan fingerprint density at radius 1 is 1.42 bits per heavy atom. The molecule has 1 rings (SSSR count). The summed E-state index contributed by atoms with van der Waals surface area (Å²) in [5.41, 5.74) is 6.64. The first-order chi connectivity index (χ1) is 11.0. The van der Waals surface area contributed by atoms with E-state index in [1.807, 2.05) is 9.72 Å². The first-order valence-corrected chi connectivity index (χ1v) is 9.08. The third-order valence-electron chi connectivity index (χ3n) is 3.63. The van der Waals surface area contributed by atoms with Gasteiger partial charge >= 0.3 is 7.05 Å². The van der Waals surface area contributed by atoms with Crippen LogP contribution >= 0.6 is 0 Å². The second-order valence-corrected chi connectivity index (χ2v) is 7.20. The molecule has 0 unspecified atom stereocenters. The van der Waals surface area contributed by atoms with Crippen LogP contribution in [0.2, 0.25) is 6.82 Å². The SMILES string of the molecule is COC1(C(=O)CC(C)=O)CCN(B(C)O)CC1.CS(=O)(=O)N=[N+]=[N-]. The van der Waals surface area contributed by atoms with E-state index in [1.54, 1.807) is 6.82 Å². The Balaban J connectivity index is 0.000000640. The summed E-state index contributed by atoms with van der Waals surface area (Å²) >= 11 is 0. The van der Waals surface area contributed by atoms with Gasteiger partial charge in [0.2, 0.25) is 10.0 Å². The highest BCUT2D eigenvalue weighted by molar-refractivity contribution is 7.89. The van der Waals surface area contributed by atoms with E-state index in [2.05, 4.69) is 4.52 Å². The lowest BCUT2D eigenvalue weighted by molar-refractivity contribution is -0.147. The maximum atomic E-state index is 12.0. The number of carbonyl (C=O) groups excluding carboxylic acids is 2. The highest BCUT2D eigenvalue weighted by atomic mass is 32.2. The molecule has 1 aliphatic heterocycles. The number of azide groups is 1. The molecule has 136 valence electrons. The molecule has 1 aliphatic rings. The molecule has 12 heteroatoms. The van der Waals surface area contributed by atoms with Crippen LogP contribution < -0.4 is 0 Å². The Labute approximate surface area is 142 Å². The number of sulfonamides is 1. The Kier molecular flexibility index (Phi) is 9.16. The van der Waals surface area contributed by atoms with Crippen molar-refractivity contribution in [2.45, 2.75) is 38.6 Å². The lowest BCUT2D eigenvalue weighted by atomic mass is 9.77. The first kappa shape index (κ1) is 22.5. The molecule has 0 saturated carbocycles. The number of piperidine rings is 1. The molecular formula is C12H23BN4O6S. The zero-order valence-corrected chi connectivity index (χ0v) is 15.1. The van der Waals surface area contributed by atoms with E-state index in [4.69, 9.17) is 10.3 Å². The van der Waals surface area contributed by atoms with Crippen molar-refractivity contribution in [3.63, 3.8) is 0 Å². The van der Waals surface area contributed by atoms with Gasteiger partial charge in [-0.3, -0.25) is 9.59 Å². The van der Waals surface area contributed by atoms with Crippen LogP contribution in [0.4, 0.5) is 0 Å². The average molecular weight is 362 g/mol. The molecule has 0 atom stereocenters. The summed E-state index contributed by atoms with van der Waals surface area (Å²) in [7, 11) is -2.46. The maximum Gasteiger partial charge on any atom is 0.376 e. The molecule has 0 radical (unpaired) electrons. The predicted octanol–water partition coefficient (Wildman–Crippen LogP) is 0.382. The van der Waals surface area contributed by atoms with Crippen LogP contribution in [0.3, 0.4) is 0 Å². The minimum Gasteiger partial charge on any atom is -0.437 e. The Bertz CT molecular complexity index is 595. The number of carbonyl (C=O) groups is 2. The van der Waals surface area contributed by atoms with Gasteiger partial charge < -0.3 is 14.6 Å². The van der Waals surface area contributed by atoms with Crippen LogP contribution in [0.25, 0.3) is 10.4 Å². The minimum atomic E-state index is -3.47. The number of hydrogen-bond acceptors (Lipinski definition) is 7. The third-order valence-corrected chi connectivity index (χ3v) is 4.00. The van der Waals surface area contributed by atoms with Crippen LogP contribution in [0, 0.1) is 0 Å². The summed E-state index contributed by atoms with van der Waals surface area (Å²) in [5, 5.41) is 9.45. The Morgan fingerprint density at radius 2 is 1.92 bits per heavy atom. The highest BCUT2D eigenvalue weighted by Gasteiger charge is 2.42. The van der Waals surface area contributed by atoms with Crippen molar-refractivity contribution in [1.29, 1.82) is 0 Å². The van der Waals surface area contributed by atoms with Crippen molar-refractivity contribution in [2.75, 3.05) is 26.5 Å². The fraction of sp³-hybridized carbons (Fsp3) is 0.833. The third kappa shape index (κ3) is 7.89. The van der Waals surface area contributed by atoms with Crippen molar-refractivity contribution >= 4 is 28.6 Å². The molecule has 0 aromatic rings. The molecule has 0 aromatic carbocycles. The van der Waals surface area contributed by atoms with Gasteiger partial charge in [0, 0.05) is 22.8 Å². The normalized spacial score (nSPS) is 17.0. The molecule has 0 aliphatic carbocycles. The lowest BCUT2D eigenvalue weighted by Crippen LogP contribution is -2.54. The van der Waals surface area contributed by atoms with E-state index in [1.165, 1.54) is 14.0 Å². The first-order valence-electron chi connectivity index (χ1n) is 7.24. The van der Waals surface area contributed by atoms with Crippen molar-refractivity contribution in [1.82, 2.24) is 4.81 Å². The summed E-state index contributed by atoms with van der Waals surface area (Å²) in [4.78, 5) is 26.9. The number of nitrogens with zero attached hydrogens (tertiary/aromatic N) is 4. The zero-order chi connectivity index (χ0) is 19.0. The highest BCUT2D eigenvalue weighted by Crippen LogP contribution is 2.28. The molecule has 10 nitrogen and oxygen atoms in total. The Hall–Kier alpha value is -1.46. The topological polar surface area (TPSA) is 150 Å². The molecule has 24 heavy (non-hydrogen) atoms. The van der Waals surface area contributed by atoms with Crippen LogP contribution in [-0.4, -0.2) is 68.9 Å². The number of ether oxygens (including phenoxy) is 1. The maximum absolute atomic E-state index is 12.0. The predicted molar refractivity (Wildman–Crippen MR) is 88.7 cm³/mol. The standard InChI is InChI=1S/C11H20BNO4.CH3N3O2S/c1-9(14)8-10(15)11(17-3)4-6-13(7-5-11)12(2)16;1-7(5,6)4-3-2/h16H,4-8H2,1-3H3;1H3. The van der Waals surface area contributed by atoms with Crippen molar-refractivity contribution < 1.29 is 27.8 Å². The van der Waals surface area contributed by atoms with Crippen molar-refractivity contribution in [3.05, 3.63) is 10.4 Å². The van der Waals surface area contributed by atoms with E-state index >= 15 is 0 Å². The molecule has 1 saturated heterocycles. The van der Waals surface area contributed by atoms with Gasteiger partial charge in [-0.15, -0.1) is 0 Å². The summed E-state index contributed by atoms with van der Waals surface area (Å²) in [5.74, 6) is -0.276. The Morgan fingerprint density at radius 3 is 2.17 bits per heavy atom. The van der Waals surface area contributed by atoms with E-state index in [0.717, 1.165) is 6.26 Å². The fourth-order valence-corrected chi connectivity index (χ4v) is 2.44. The summed E-state index contributed by atoms with van der Waals surface area (Å²) < 4.78 is 27.4. The minimum absolute atomic E-state index is 0.0669.